The van der Waals surface area contributed by atoms with Gasteiger partial charge in [0, 0.05) is 23.2 Å². The SMILES string of the molecule is CN.COc1cc(C=O)ccc1NCC#Cc1cc2c(NC3CCNCC3F)cccc2n1CC(F)(F)F. The maximum absolute atomic E-state index is 14.3. The van der Waals surface area contributed by atoms with Gasteiger partial charge in [0.05, 0.1) is 36.6 Å². The van der Waals surface area contributed by atoms with Gasteiger partial charge in [0.1, 0.15) is 24.8 Å². The van der Waals surface area contributed by atoms with E-state index in [-0.39, 0.29) is 18.8 Å². The summed E-state index contributed by atoms with van der Waals surface area (Å²) in [7, 11) is 2.97. The first-order valence-corrected chi connectivity index (χ1v) is 12.0. The van der Waals surface area contributed by atoms with Crippen LogP contribution in [0, 0.1) is 11.8 Å². The number of aromatic nitrogens is 1. The van der Waals surface area contributed by atoms with Crippen molar-refractivity contribution in [1.29, 1.82) is 0 Å². The Morgan fingerprint density at radius 3 is 2.68 bits per heavy atom. The van der Waals surface area contributed by atoms with Crippen molar-refractivity contribution in [1.82, 2.24) is 9.88 Å². The van der Waals surface area contributed by atoms with Crippen molar-refractivity contribution < 1.29 is 27.1 Å². The molecule has 38 heavy (non-hydrogen) atoms. The molecule has 3 aromatic rings. The molecule has 1 aliphatic rings. The molecule has 2 heterocycles. The highest BCUT2D eigenvalue weighted by Gasteiger charge is 2.30. The molecule has 0 aliphatic carbocycles. The first-order chi connectivity index (χ1) is 18.3. The number of carbonyl (C=O) groups is 1. The van der Waals surface area contributed by atoms with Gasteiger partial charge in [-0.1, -0.05) is 12.0 Å². The monoisotopic (exact) mass is 533 g/mol. The molecule has 1 fully saturated rings. The fraction of sp³-hybridized carbons (Fsp3) is 0.370. The van der Waals surface area contributed by atoms with E-state index in [1.165, 1.54) is 14.2 Å². The van der Waals surface area contributed by atoms with Gasteiger partial charge in [-0.15, -0.1) is 0 Å². The third kappa shape index (κ3) is 7.18. The number of hydrogen-bond donors (Lipinski definition) is 4. The zero-order chi connectivity index (χ0) is 27.7. The van der Waals surface area contributed by atoms with Gasteiger partial charge in [-0.3, -0.25) is 4.79 Å². The highest BCUT2D eigenvalue weighted by molar-refractivity contribution is 5.94. The summed E-state index contributed by atoms with van der Waals surface area (Å²) in [4.78, 5) is 11.0. The number of methoxy groups -OCH3 is 1. The highest BCUT2D eigenvalue weighted by Crippen LogP contribution is 2.31. The quantitative estimate of drug-likeness (QED) is 0.207. The number of hydrogen-bond acceptors (Lipinski definition) is 6. The minimum atomic E-state index is -4.45. The number of aldehydes is 1. The molecule has 0 bridgehead atoms. The van der Waals surface area contributed by atoms with E-state index in [2.05, 4.69) is 33.5 Å². The molecule has 11 heteroatoms. The number of piperidine rings is 1. The predicted octanol–water partition coefficient (Wildman–Crippen LogP) is 4.18. The maximum Gasteiger partial charge on any atom is 0.406 e. The number of anilines is 2. The average Bonchev–Trinajstić information content (AvgIpc) is 3.25. The van der Waals surface area contributed by atoms with Gasteiger partial charge >= 0.3 is 6.18 Å². The second kappa shape index (κ2) is 13.2. The Kier molecular flexibility index (Phi) is 9.98. The van der Waals surface area contributed by atoms with Crippen LogP contribution in [0.25, 0.3) is 10.9 Å². The van der Waals surface area contributed by atoms with E-state index in [4.69, 9.17) is 4.74 Å². The molecule has 2 aromatic carbocycles. The lowest BCUT2D eigenvalue weighted by Crippen LogP contribution is -2.45. The molecule has 1 aliphatic heterocycles. The van der Waals surface area contributed by atoms with E-state index in [0.717, 1.165) is 4.57 Å². The molecule has 204 valence electrons. The third-order valence-electron chi connectivity index (χ3n) is 5.98. The zero-order valence-corrected chi connectivity index (χ0v) is 21.2. The van der Waals surface area contributed by atoms with Gasteiger partial charge < -0.3 is 31.0 Å². The zero-order valence-electron chi connectivity index (χ0n) is 21.2. The molecule has 0 saturated carbocycles. The van der Waals surface area contributed by atoms with Crippen LogP contribution < -0.4 is 26.4 Å². The lowest BCUT2D eigenvalue weighted by Gasteiger charge is -2.28. The number of halogens is 4. The normalized spacial score (nSPS) is 17.0. The van der Waals surface area contributed by atoms with Crippen LogP contribution in [0.15, 0.2) is 42.5 Å². The first-order valence-electron chi connectivity index (χ1n) is 12.0. The van der Waals surface area contributed by atoms with Crippen LogP contribution in [0.2, 0.25) is 0 Å². The lowest BCUT2D eigenvalue weighted by atomic mass is 10.0. The summed E-state index contributed by atoms with van der Waals surface area (Å²) in [5.41, 5.74) is 6.69. The molecule has 1 aromatic heterocycles. The Balaban J connectivity index is 0.00000195. The third-order valence-corrected chi connectivity index (χ3v) is 5.98. The van der Waals surface area contributed by atoms with Crippen LogP contribution in [-0.2, 0) is 6.54 Å². The van der Waals surface area contributed by atoms with Gasteiger partial charge in [0.15, 0.2) is 0 Å². The van der Waals surface area contributed by atoms with Crippen LogP contribution in [0.4, 0.5) is 28.9 Å². The number of rotatable bonds is 7. The molecule has 1 saturated heterocycles. The second-order valence-corrected chi connectivity index (χ2v) is 8.46. The van der Waals surface area contributed by atoms with Crippen molar-refractivity contribution in [2.75, 3.05) is 44.4 Å². The van der Waals surface area contributed by atoms with Crippen molar-refractivity contribution in [3.63, 3.8) is 0 Å². The molecular weight excluding hydrogens is 502 g/mol. The Bertz CT molecular complexity index is 1300. The van der Waals surface area contributed by atoms with Gasteiger partial charge in [0.2, 0.25) is 0 Å². The second-order valence-electron chi connectivity index (χ2n) is 8.46. The van der Waals surface area contributed by atoms with Crippen LogP contribution in [0.3, 0.4) is 0 Å². The summed E-state index contributed by atoms with van der Waals surface area (Å²) >= 11 is 0. The van der Waals surface area contributed by atoms with Gasteiger partial charge in [-0.2, -0.15) is 13.2 Å². The summed E-state index contributed by atoms with van der Waals surface area (Å²) in [6, 6.07) is 11.0. The summed E-state index contributed by atoms with van der Waals surface area (Å²) in [6.45, 7) is -0.170. The maximum atomic E-state index is 14.3. The van der Waals surface area contributed by atoms with E-state index < -0.39 is 24.9 Å². The molecule has 7 nitrogen and oxygen atoms in total. The number of carbonyl (C=O) groups excluding carboxylic acids is 1. The molecule has 2 atom stereocenters. The molecular formula is C27H31F4N5O2. The molecule has 4 rings (SSSR count). The Morgan fingerprint density at radius 1 is 1.21 bits per heavy atom. The first kappa shape index (κ1) is 28.8. The Morgan fingerprint density at radius 2 is 2.00 bits per heavy atom. The number of nitrogens with one attached hydrogen (secondary N) is 3. The van der Waals surface area contributed by atoms with Crippen molar-refractivity contribution >= 4 is 28.6 Å². The minimum absolute atomic E-state index is 0.133. The minimum Gasteiger partial charge on any atom is -0.495 e. The summed E-state index contributed by atoms with van der Waals surface area (Å²) in [5, 5.41) is 9.77. The van der Waals surface area contributed by atoms with Crippen molar-refractivity contribution in [2.24, 2.45) is 5.73 Å². The number of benzene rings is 2. The number of fused-ring (bicyclic) bond motifs is 1. The number of alkyl halides is 4. The summed E-state index contributed by atoms with van der Waals surface area (Å²) in [5.74, 6) is 6.15. The van der Waals surface area contributed by atoms with E-state index in [1.807, 2.05) is 0 Å². The Hall–Kier alpha value is -3.75. The fourth-order valence-electron chi connectivity index (χ4n) is 4.25. The number of nitrogens with two attached hydrogens (primary N) is 1. The topological polar surface area (TPSA) is 93.3 Å². The highest BCUT2D eigenvalue weighted by atomic mass is 19.4. The average molecular weight is 534 g/mol. The number of nitrogens with zero attached hydrogens (tertiary/aromatic N) is 1. The van der Waals surface area contributed by atoms with E-state index >= 15 is 0 Å². The molecule has 0 amide bonds. The van der Waals surface area contributed by atoms with Gasteiger partial charge in [-0.05, 0) is 62.3 Å². The fourth-order valence-corrected chi connectivity index (χ4v) is 4.25. The van der Waals surface area contributed by atoms with Crippen molar-refractivity contribution in [2.45, 2.75) is 31.4 Å². The van der Waals surface area contributed by atoms with Crippen LogP contribution in [0.5, 0.6) is 5.75 Å². The largest absolute Gasteiger partial charge is 0.495 e. The lowest BCUT2D eigenvalue weighted by molar-refractivity contribution is -0.140. The molecule has 0 radical (unpaired) electrons. The van der Waals surface area contributed by atoms with Crippen LogP contribution >= 0.6 is 0 Å². The van der Waals surface area contributed by atoms with Crippen LogP contribution in [-0.4, -0.2) is 63.0 Å². The standard InChI is InChI=1S/C26H26F4N4O2.CH5N/c1-36-25-12-17(15-35)7-8-23(25)32-10-3-4-18-13-19-21(33-22-9-11-31-14-20(22)27)5-2-6-24(19)34(18)16-26(28,29)30;1-2/h2,5-8,12-13,15,20,22,31-33H,9-11,14,16H2,1H3;2H2,1H3. The van der Waals surface area contributed by atoms with E-state index in [1.54, 1.807) is 42.5 Å². The number of ether oxygens (including phenoxy) is 1. The molecule has 2 unspecified atom stereocenters. The van der Waals surface area contributed by atoms with Crippen molar-refractivity contribution in [3.8, 4) is 17.6 Å². The van der Waals surface area contributed by atoms with Crippen LogP contribution in [0.1, 0.15) is 22.5 Å². The predicted molar refractivity (Wildman–Crippen MR) is 142 cm³/mol. The van der Waals surface area contributed by atoms with E-state index in [9.17, 15) is 22.4 Å². The van der Waals surface area contributed by atoms with Gasteiger partial charge in [-0.25, -0.2) is 4.39 Å². The summed E-state index contributed by atoms with van der Waals surface area (Å²) < 4.78 is 61.0. The smallest absolute Gasteiger partial charge is 0.406 e. The van der Waals surface area contributed by atoms with Crippen molar-refractivity contribution in [3.05, 3.63) is 53.7 Å². The Labute approximate surface area is 218 Å². The summed E-state index contributed by atoms with van der Waals surface area (Å²) in [6.07, 6.45) is -4.28. The van der Waals surface area contributed by atoms with Gasteiger partial charge in [0.25, 0.3) is 0 Å². The molecule has 5 N–H and O–H groups in total. The molecule has 0 spiro atoms. The van der Waals surface area contributed by atoms with E-state index in [0.29, 0.717) is 52.8 Å².